The number of rotatable bonds is 6. The highest BCUT2D eigenvalue weighted by molar-refractivity contribution is 5.83. The Hall–Kier alpha value is -2.08. The van der Waals surface area contributed by atoms with Crippen molar-refractivity contribution in [2.75, 3.05) is 27.2 Å². The first-order valence-corrected chi connectivity index (χ1v) is 8.39. The van der Waals surface area contributed by atoms with E-state index in [0.29, 0.717) is 0 Å². The lowest BCUT2D eigenvalue weighted by Gasteiger charge is -2.37. The van der Waals surface area contributed by atoms with Gasteiger partial charge < -0.3 is 20.6 Å². The zero-order valence-electron chi connectivity index (χ0n) is 14.4. The van der Waals surface area contributed by atoms with Crippen LogP contribution in [0.15, 0.2) is 30.3 Å². The van der Waals surface area contributed by atoms with Crippen LogP contribution >= 0.6 is 0 Å². The Balaban J connectivity index is 2.12. The summed E-state index contributed by atoms with van der Waals surface area (Å²) < 4.78 is 0. The summed E-state index contributed by atoms with van der Waals surface area (Å²) in [6.45, 7) is -0.0179. The second-order valence-electron chi connectivity index (χ2n) is 6.69. The third-order valence-electron chi connectivity index (χ3n) is 4.83. The van der Waals surface area contributed by atoms with Crippen molar-refractivity contribution in [1.29, 1.82) is 0 Å². The lowest BCUT2D eigenvalue weighted by molar-refractivity contribution is -0.127. The molecule has 6 heteroatoms. The van der Waals surface area contributed by atoms with Gasteiger partial charge >= 0.3 is 6.03 Å². The van der Waals surface area contributed by atoms with Crippen molar-refractivity contribution < 1.29 is 14.7 Å². The molecule has 3 amide bonds. The van der Waals surface area contributed by atoms with E-state index in [4.69, 9.17) is 0 Å². The number of benzene rings is 1. The number of carbonyl (C=O) groups is 2. The molecule has 1 atom stereocenters. The van der Waals surface area contributed by atoms with Gasteiger partial charge in [-0.15, -0.1) is 0 Å². The minimum absolute atomic E-state index is 0.0312. The smallest absolute Gasteiger partial charge is 0.315 e. The molecule has 0 aromatic heterocycles. The fraction of sp³-hybridized carbons (Fsp3) is 0.556. The van der Waals surface area contributed by atoms with E-state index < -0.39 is 6.03 Å². The van der Waals surface area contributed by atoms with Crippen molar-refractivity contribution in [3.8, 4) is 0 Å². The maximum atomic E-state index is 12.3. The van der Waals surface area contributed by atoms with Gasteiger partial charge in [-0.2, -0.15) is 0 Å². The van der Waals surface area contributed by atoms with Gasteiger partial charge in [-0.05, 0) is 18.4 Å². The zero-order valence-corrected chi connectivity index (χ0v) is 14.4. The van der Waals surface area contributed by atoms with Crippen LogP contribution in [-0.2, 0) is 4.79 Å². The second kappa shape index (κ2) is 8.15. The number of hydrogen-bond acceptors (Lipinski definition) is 3. The third-order valence-corrected chi connectivity index (χ3v) is 4.83. The standard InChI is InChI=1S/C18H27N3O3/c1-21(2)15(23)12-19-17(24)20-16(14-8-4-3-5-9-14)18(13-22)10-6-7-11-18/h3-5,8-9,16,22H,6-7,10-13H2,1-2H3,(H2,19,20,24). The predicted molar refractivity (Wildman–Crippen MR) is 92.4 cm³/mol. The highest BCUT2D eigenvalue weighted by Gasteiger charge is 2.42. The number of amides is 3. The third kappa shape index (κ3) is 4.26. The lowest BCUT2D eigenvalue weighted by atomic mass is 9.76. The molecule has 24 heavy (non-hydrogen) atoms. The van der Waals surface area contributed by atoms with Crippen LogP contribution in [0.3, 0.4) is 0 Å². The van der Waals surface area contributed by atoms with Gasteiger partial charge in [0.2, 0.25) is 5.91 Å². The summed E-state index contributed by atoms with van der Waals surface area (Å²) in [6.07, 6.45) is 3.85. The first kappa shape index (κ1) is 18.3. The minimum atomic E-state index is -0.390. The van der Waals surface area contributed by atoms with Crippen LogP contribution in [0.5, 0.6) is 0 Å². The molecular formula is C18H27N3O3. The Kier molecular flexibility index (Phi) is 6.20. The van der Waals surface area contributed by atoms with Crippen molar-refractivity contribution in [3.63, 3.8) is 0 Å². The summed E-state index contributed by atoms with van der Waals surface area (Å²) in [7, 11) is 3.29. The number of nitrogens with one attached hydrogen (secondary N) is 2. The average Bonchev–Trinajstić information content (AvgIpc) is 3.08. The average molecular weight is 333 g/mol. The van der Waals surface area contributed by atoms with Gasteiger partial charge in [0.15, 0.2) is 0 Å². The van der Waals surface area contributed by atoms with E-state index >= 15 is 0 Å². The number of carbonyl (C=O) groups excluding carboxylic acids is 2. The molecule has 0 heterocycles. The monoisotopic (exact) mass is 333 g/mol. The van der Waals surface area contributed by atoms with Crippen LogP contribution in [-0.4, -0.2) is 49.2 Å². The molecule has 1 unspecified atom stereocenters. The van der Waals surface area contributed by atoms with E-state index in [1.54, 1.807) is 14.1 Å². The Morgan fingerprint density at radius 2 is 1.83 bits per heavy atom. The summed E-state index contributed by atoms with van der Waals surface area (Å²) in [5, 5.41) is 15.6. The normalized spacial score (nSPS) is 17.1. The Labute approximate surface area is 143 Å². The van der Waals surface area contributed by atoms with E-state index in [1.807, 2.05) is 30.3 Å². The summed E-state index contributed by atoms with van der Waals surface area (Å²) in [5.41, 5.74) is 0.632. The largest absolute Gasteiger partial charge is 0.396 e. The second-order valence-corrected chi connectivity index (χ2v) is 6.69. The fourth-order valence-electron chi connectivity index (χ4n) is 3.35. The van der Waals surface area contributed by atoms with Crippen LogP contribution in [0, 0.1) is 5.41 Å². The summed E-state index contributed by atoms with van der Waals surface area (Å²) in [4.78, 5) is 25.3. The van der Waals surface area contributed by atoms with Gasteiger partial charge in [-0.1, -0.05) is 43.2 Å². The molecular weight excluding hydrogens is 306 g/mol. The van der Waals surface area contributed by atoms with E-state index in [0.717, 1.165) is 31.2 Å². The molecule has 3 N–H and O–H groups in total. The van der Waals surface area contributed by atoms with Crippen LogP contribution in [0.25, 0.3) is 0 Å². The molecule has 0 saturated heterocycles. The molecule has 1 aliphatic carbocycles. The minimum Gasteiger partial charge on any atom is -0.396 e. The van der Waals surface area contributed by atoms with Gasteiger partial charge in [0.05, 0.1) is 19.2 Å². The molecule has 0 aliphatic heterocycles. The van der Waals surface area contributed by atoms with Crippen molar-refractivity contribution in [3.05, 3.63) is 35.9 Å². The molecule has 1 aromatic carbocycles. The van der Waals surface area contributed by atoms with Crippen molar-refractivity contribution in [2.24, 2.45) is 5.41 Å². The number of aliphatic hydroxyl groups excluding tert-OH is 1. The first-order valence-electron chi connectivity index (χ1n) is 8.39. The Morgan fingerprint density at radius 1 is 1.21 bits per heavy atom. The summed E-state index contributed by atoms with van der Waals surface area (Å²) in [6, 6.07) is 9.04. The first-order chi connectivity index (χ1) is 11.5. The van der Waals surface area contributed by atoms with Crippen molar-refractivity contribution in [2.45, 2.75) is 31.7 Å². The quantitative estimate of drug-likeness (QED) is 0.741. The molecule has 6 nitrogen and oxygen atoms in total. The molecule has 1 aromatic rings. The number of likely N-dealkylation sites (N-methyl/N-ethyl adjacent to an activating group) is 1. The van der Waals surface area contributed by atoms with E-state index in [9.17, 15) is 14.7 Å². The van der Waals surface area contributed by atoms with Gasteiger partial charge in [0.1, 0.15) is 0 Å². The van der Waals surface area contributed by atoms with E-state index in [1.165, 1.54) is 4.90 Å². The van der Waals surface area contributed by atoms with Gasteiger partial charge in [-0.3, -0.25) is 4.79 Å². The number of hydrogen-bond donors (Lipinski definition) is 3. The topological polar surface area (TPSA) is 81.7 Å². The number of nitrogens with zero attached hydrogens (tertiary/aromatic N) is 1. The van der Waals surface area contributed by atoms with Crippen LogP contribution in [0.4, 0.5) is 4.79 Å². The van der Waals surface area contributed by atoms with Crippen LogP contribution in [0.1, 0.15) is 37.3 Å². The molecule has 2 rings (SSSR count). The molecule has 0 spiro atoms. The number of urea groups is 1. The van der Waals surface area contributed by atoms with E-state index in [-0.39, 0.29) is 30.5 Å². The van der Waals surface area contributed by atoms with Gasteiger partial charge in [0, 0.05) is 19.5 Å². The summed E-state index contributed by atoms with van der Waals surface area (Å²) >= 11 is 0. The van der Waals surface area contributed by atoms with Gasteiger partial charge in [-0.25, -0.2) is 4.79 Å². The molecule has 0 radical (unpaired) electrons. The van der Waals surface area contributed by atoms with Crippen LogP contribution < -0.4 is 10.6 Å². The maximum Gasteiger partial charge on any atom is 0.315 e. The molecule has 132 valence electrons. The number of aliphatic hydroxyl groups is 1. The molecule has 1 fully saturated rings. The Morgan fingerprint density at radius 3 is 2.38 bits per heavy atom. The summed E-state index contributed by atoms with van der Waals surface area (Å²) in [5.74, 6) is -0.167. The lowest BCUT2D eigenvalue weighted by Crippen LogP contribution is -2.47. The highest BCUT2D eigenvalue weighted by Crippen LogP contribution is 2.47. The molecule has 0 bridgehead atoms. The van der Waals surface area contributed by atoms with E-state index in [2.05, 4.69) is 10.6 Å². The Bertz CT molecular complexity index is 554. The SMILES string of the molecule is CN(C)C(=O)CNC(=O)NC(c1ccccc1)C1(CO)CCCC1. The van der Waals surface area contributed by atoms with Gasteiger partial charge in [0.25, 0.3) is 0 Å². The van der Waals surface area contributed by atoms with Crippen molar-refractivity contribution >= 4 is 11.9 Å². The van der Waals surface area contributed by atoms with Crippen molar-refractivity contribution in [1.82, 2.24) is 15.5 Å². The molecule has 1 saturated carbocycles. The van der Waals surface area contributed by atoms with Crippen LogP contribution in [0.2, 0.25) is 0 Å². The molecule has 1 aliphatic rings. The fourth-order valence-corrected chi connectivity index (χ4v) is 3.35. The highest BCUT2D eigenvalue weighted by atomic mass is 16.3. The predicted octanol–water partition coefficient (Wildman–Crippen LogP) is 1.67. The maximum absolute atomic E-state index is 12.3. The zero-order chi connectivity index (χ0) is 17.6.